The van der Waals surface area contributed by atoms with Gasteiger partial charge < -0.3 is 9.73 Å². The third kappa shape index (κ3) is 4.80. The van der Waals surface area contributed by atoms with Crippen LogP contribution in [0.1, 0.15) is 26.7 Å². The summed E-state index contributed by atoms with van der Waals surface area (Å²) in [6, 6.07) is 20.3. The summed E-state index contributed by atoms with van der Waals surface area (Å²) in [6.45, 7) is 8.44. The van der Waals surface area contributed by atoms with Gasteiger partial charge in [0.2, 0.25) is 0 Å². The smallest absolute Gasteiger partial charge is 0.195 e. The predicted octanol–water partition coefficient (Wildman–Crippen LogP) is 5.19. The zero-order chi connectivity index (χ0) is 17.2. The van der Waals surface area contributed by atoms with Crippen molar-refractivity contribution < 1.29 is 4.42 Å². The third-order valence-electron chi connectivity index (χ3n) is 3.56. The standard InChI is InChI=1S/C17H15NO.C4H11N/c1-2-15-18-16(13-9-5-3-6-10-13)17(19-15)14-11-7-4-8-12-14;1-3-5-4-2/h3-12H,2H2,1H3;5H,3-4H2,1-2H3. The van der Waals surface area contributed by atoms with Gasteiger partial charge in [0.05, 0.1) is 0 Å². The molecule has 0 saturated heterocycles. The molecule has 3 heteroatoms. The Balaban J connectivity index is 0.000000368. The number of nitrogens with zero attached hydrogens (tertiary/aromatic N) is 1. The van der Waals surface area contributed by atoms with E-state index in [9.17, 15) is 0 Å². The number of hydrogen-bond acceptors (Lipinski definition) is 3. The minimum absolute atomic E-state index is 0.776. The molecule has 0 aliphatic heterocycles. The summed E-state index contributed by atoms with van der Waals surface area (Å²) in [5.74, 6) is 1.63. The highest BCUT2D eigenvalue weighted by molar-refractivity contribution is 5.76. The van der Waals surface area contributed by atoms with E-state index in [0.29, 0.717) is 0 Å². The van der Waals surface area contributed by atoms with Crippen molar-refractivity contribution in [2.24, 2.45) is 0 Å². The van der Waals surface area contributed by atoms with Gasteiger partial charge in [0.25, 0.3) is 0 Å². The van der Waals surface area contributed by atoms with Gasteiger partial charge in [-0.05, 0) is 13.1 Å². The van der Waals surface area contributed by atoms with Gasteiger partial charge in [-0.3, -0.25) is 0 Å². The summed E-state index contributed by atoms with van der Waals surface area (Å²) < 4.78 is 5.89. The molecule has 1 N–H and O–H groups in total. The molecule has 0 unspecified atom stereocenters. The van der Waals surface area contributed by atoms with E-state index in [1.165, 1.54) is 0 Å². The molecule has 2 aromatic carbocycles. The van der Waals surface area contributed by atoms with Crippen molar-refractivity contribution in [3.63, 3.8) is 0 Å². The number of nitrogens with one attached hydrogen (secondary N) is 1. The van der Waals surface area contributed by atoms with Crippen LogP contribution in [0.5, 0.6) is 0 Å². The van der Waals surface area contributed by atoms with Gasteiger partial charge in [0.15, 0.2) is 11.7 Å². The molecule has 3 rings (SSSR count). The summed E-state index contributed by atoms with van der Waals surface area (Å²) in [5, 5.41) is 3.11. The minimum Gasteiger partial charge on any atom is -0.440 e. The molecule has 0 atom stereocenters. The number of aromatic nitrogens is 1. The quantitative estimate of drug-likeness (QED) is 0.702. The van der Waals surface area contributed by atoms with E-state index < -0.39 is 0 Å². The van der Waals surface area contributed by atoms with Crippen molar-refractivity contribution >= 4 is 0 Å². The van der Waals surface area contributed by atoms with Crippen molar-refractivity contribution in [2.75, 3.05) is 13.1 Å². The highest BCUT2D eigenvalue weighted by atomic mass is 16.4. The highest BCUT2D eigenvalue weighted by Gasteiger charge is 2.15. The fourth-order valence-corrected chi connectivity index (χ4v) is 2.34. The van der Waals surface area contributed by atoms with Crippen LogP contribution in [0.2, 0.25) is 0 Å². The van der Waals surface area contributed by atoms with Crippen LogP contribution in [0.4, 0.5) is 0 Å². The van der Waals surface area contributed by atoms with E-state index in [-0.39, 0.29) is 0 Å². The summed E-state index contributed by atoms with van der Waals surface area (Å²) in [5.41, 5.74) is 3.07. The number of rotatable bonds is 5. The van der Waals surface area contributed by atoms with Crippen LogP contribution >= 0.6 is 0 Å². The van der Waals surface area contributed by atoms with Gasteiger partial charge in [0, 0.05) is 17.5 Å². The minimum atomic E-state index is 0.776. The molecule has 0 fully saturated rings. The fourth-order valence-electron chi connectivity index (χ4n) is 2.34. The topological polar surface area (TPSA) is 38.1 Å². The Bertz CT molecular complexity index is 646. The van der Waals surface area contributed by atoms with Crippen molar-refractivity contribution in [1.82, 2.24) is 10.3 Å². The summed E-state index contributed by atoms with van der Waals surface area (Å²) in [4.78, 5) is 4.61. The Morgan fingerprint density at radius 1 is 0.792 bits per heavy atom. The molecule has 0 amide bonds. The molecule has 0 aliphatic carbocycles. The first-order valence-corrected chi connectivity index (χ1v) is 8.61. The van der Waals surface area contributed by atoms with Gasteiger partial charge in [-0.1, -0.05) is 81.4 Å². The second kappa shape index (κ2) is 9.68. The van der Waals surface area contributed by atoms with Gasteiger partial charge >= 0.3 is 0 Å². The van der Waals surface area contributed by atoms with E-state index in [4.69, 9.17) is 4.42 Å². The third-order valence-corrected chi connectivity index (χ3v) is 3.56. The molecule has 1 heterocycles. The molecule has 0 radical (unpaired) electrons. The van der Waals surface area contributed by atoms with Crippen molar-refractivity contribution in [2.45, 2.75) is 27.2 Å². The fraction of sp³-hybridized carbons (Fsp3) is 0.286. The monoisotopic (exact) mass is 322 g/mol. The number of oxazole rings is 1. The molecular formula is C21H26N2O. The average Bonchev–Trinajstić information content (AvgIpc) is 3.09. The molecular weight excluding hydrogens is 296 g/mol. The van der Waals surface area contributed by atoms with Crippen LogP contribution in [0.25, 0.3) is 22.6 Å². The molecule has 126 valence electrons. The second-order valence-electron chi connectivity index (χ2n) is 5.33. The Labute approximate surface area is 144 Å². The molecule has 0 bridgehead atoms. The van der Waals surface area contributed by atoms with E-state index in [0.717, 1.165) is 48.0 Å². The van der Waals surface area contributed by atoms with E-state index >= 15 is 0 Å². The summed E-state index contributed by atoms with van der Waals surface area (Å²) >= 11 is 0. The summed E-state index contributed by atoms with van der Waals surface area (Å²) in [7, 11) is 0. The molecule has 24 heavy (non-hydrogen) atoms. The van der Waals surface area contributed by atoms with Crippen LogP contribution in [0.3, 0.4) is 0 Å². The Kier molecular flexibility index (Phi) is 7.24. The molecule has 3 nitrogen and oxygen atoms in total. The second-order valence-corrected chi connectivity index (χ2v) is 5.33. The van der Waals surface area contributed by atoms with Crippen LogP contribution in [0.15, 0.2) is 65.1 Å². The van der Waals surface area contributed by atoms with Crippen LogP contribution < -0.4 is 5.32 Å². The van der Waals surface area contributed by atoms with Crippen LogP contribution in [0, 0.1) is 0 Å². The summed E-state index contributed by atoms with van der Waals surface area (Å²) in [6.07, 6.45) is 0.798. The van der Waals surface area contributed by atoms with Gasteiger partial charge in [-0.25, -0.2) is 4.98 Å². The van der Waals surface area contributed by atoms with E-state index in [1.54, 1.807) is 0 Å². The number of aryl methyl sites for hydroxylation is 1. The lowest BCUT2D eigenvalue weighted by atomic mass is 10.1. The van der Waals surface area contributed by atoms with Crippen molar-refractivity contribution in [3.8, 4) is 22.6 Å². The first-order chi connectivity index (χ1) is 11.8. The van der Waals surface area contributed by atoms with Gasteiger partial charge in [0.1, 0.15) is 5.69 Å². The number of hydrogen-bond donors (Lipinski definition) is 1. The zero-order valence-corrected chi connectivity index (χ0v) is 14.8. The Hall–Kier alpha value is -2.39. The average molecular weight is 322 g/mol. The van der Waals surface area contributed by atoms with Crippen molar-refractivity contribution in [3.05, 3.63) is 66.6 Å². The lowest BCUT2D eigenvalue weighted by Crippen LogP contribution is -2.09. The molecule has 0 spiro atoms. The van der Waals surface area contributed by atoms with Crippen molar-refractivity contribution in [1.29, 1.82) is 0 Å². The van der Waals surface area contributed by atoms with Crippen LogP contribution in [-0.2, 0) is 6.42 Å². The van der Waals surface area contributed by atoms with E-state index in [1.807, 2.05) is 48.5 Å². The first kappa shape index (κ1) is 18.0. The highest BCUT2D eigenvalue weighted by Crippen LogP contribution is 2.32. The molecule has 0 aliphatic rings. The maximum Gasteiger partial charge on any atom is 0.195 e. The largest absolute Gasteiger partial charge is 0.440 e. The first-order valence-electron chi connectivity index (χ1n) is 8.61. The predicted molar refractivity (Wildman–Crippen MR) is 101 cm³/mol. The maximum atomic E-state index is 5.89. The lowest BCUT2D eigenvalue weighted by molar-refractivity contribution is 0.514. The van der Waals surface area contributed by atoms with Gasteiger partial charge in [-0.15, -0.1) is 0 Å². The Morgan fingerprint density at radius 3 is 1.79 bits per heavy atom. The molecule has 0 saturated carbocycles. The van der Waals surface area contributed by atoms with Gasteiger partial charge in [-0.2, -0.15) is 0 Å². The molecule has 3 aromatic rings. The molecule has 1 aromatic heterocycles. The van der Waals surface area contributed by atoms with Crippen LogP contribution in [-0.4, -0.2) is 18.1 Å². The SMILES string of the molecule is CCNCC.CCc1nc(-c2ccccc2)c(-c2ccccc2)o1. The van der Waals surface area contributed by atoms with E-state index in [2.05, 4.69) is 43.2 Å². The lowest BCUT2D eigenvalue weighted by Gasteiger charge is -2.00. The number of benzene rings is 2. The Morgan fingerprint density at radius 2 is 1.33 bits per heavy atom. The normalized spacial score (nSPS) is 10.1. The zero-order valence-electron chi connectivity index (χ0n) is 14.8. The maximum absolute atomic E-state index is 5.89.